The molecule has 7 rings (SSSR count). The average Bonchev–Trinajstić information content (AvgIpc) is 3.19. The molecule has 1 aromatic carbocycles. The van der Waals surface area contributed by atoms with Gasteiger partial charge in [-0.2, -0.15) is 5.10 Å². The zero-order valence-corrected chi connectivity index (χ0v) is 16.3. The molecule has 0 radical (unpaired) electrons. The van der Waals surface area contributed by atoms with Crippen LogP contribution in [-0.4, -0.2) is 16.3 Å². The number of aromatic nitrogens is 2. The summed E-state index contributed by atoms with van der Waals surface area (Å²) in [6, 6.07) is 5.81. The molecule has 1 N–H and O–H groups in total. The van der Waals surface area contributed by atoms with E-state index in [1.807, 2.05) is 22.9 Å². The fraction of sp³-hybridized carbons (Fsp3) is 0.571. The van der Waals surface area contributed by atoms with E-state index in [0.717, 1.165) is 42.2 Å². The molecule has 1 aromatic heterocycles. The summed E-state index contributed by atoms with van der Waals surface area (Å²) in [7, 11) is 0. The molecule has 1 aliphatic heterocycles. The number of rotatable bonds is 2. The summed E-state index contributed by atoms with van der Waals surface area (Å²) in [5.41, 5.74) is 4.00. The van der Waals surface area contributed by atoms with Gasteiger partial charge in [0.05, 0.1) is 21.4 Å². The van der Waals surface area contributed by atoms with Gasteiger partial charge in [-0.05, 0) is 74.8 Å². The average molecular weight is 388 g/mol. The van der Waals surface area contributed by atoms with Gasteiger partial charge in [-0.3, -0.25) is 0 Å². The minimum absolute atomic E-state index is 0.307. The topological polar surface area (TPSA) is 29.9 Å². The SMILES string of the molecule is Clc1cccc(-n2nc(C34CC5CC(CC(C5)C3)C4)c3c2NCC3)c1Cl. The minimum atomic E-state index is 0.307. The fourth-order valence-electron chi connectivity index (χ4n) is 6.83. The Morgan fingerprint density at radius 3 is 2.42 bits per heavy atom. The minimum Gasteiger partial charge on any atom is -0.369 e. The predicted molar refractivity (Wildman–Crippen MR) is 106 cm³/mol. The van der Waals surface area contributed by atoms with E-state index >= 15 is 0 Å². The number of fused-ring (bicyclic) bond motifs is 1. The highest BCUT2D eigenvalue weighted by atomic mass is 35.5. The number of hydrogen-bond acceptors (Lipinski definition) is 2. The highest BCUT2D eigenvalue weighted by Crippen LogP contribution is 2.61. The van der Waals surface area contributed by atoms with Crippen molar-refractivity contribution in [1.29, 1.82) is 0 Å². The first-order valence-electron chi connectivity index (χ1n) is 9.93. The normalized spacial score (nSPS) is 34.2. The number of nitrogens with one attached hydrogen (secondary N) is 1. The Balaban J connectivity index is 1.52. The van der Waals surface area contributed by atoms with Crippen LogP contribution < -0.4 is 5.32 Å². The monoisotopic (exact) mass is 387 g/mol. The maximum Gasteiger partial charge on any atom is 0.133 e. The third-order valence-electron chi connectivity index (χ3n) is 7.35. The summed E-state index contributed by atoms with van der Waals surface area (Å²) in [6.07, 6.45) is 9.47. The summed E-state index contributed by atoms with van der Waals surface area (Å²) in [5, 5.41) is 9.94. The number of nitrogens with zero attached hydrogens (tertiary/aromatic N) is 2. The van der Waals surface area contributed by atoms with Crippen LogP contribution in [0.1, 0.15) is 49.8 Å². The molecule has 0 spiro atoms. The molecule has 4 bridgehead atoms. The molecule has 26 heavy (non-hydrogen) atoms. The standard InChI is InChI=1S/C21H23Cl2N3/c22-16-2-1-3-17(18(16)23)26-20-15(4-5-24-20)19(25-26)21-9-12-6-13(10-21)8-14(7-12)11-21/h1-3,12-14,24H,4-11H2. The van der Waals surface area contributed by atoms with E-state index in [9.17, 15) is 0 Å². The fourth-order valence-corrected chi connectivity index (χ4v) is 7.21. The zero-order chi connectivity index (χ0) is 17.5. The maximum atomic E-state index is 6.54. The van der Waals surface area contributed by atoms with E-state index in [0.29, 0.717) is 15.5 Å². The second-order valence-electron chi connectivity index (χ2n) is 9.04. The first-order valence-corrected chi connectivity index (χ1v) is 10.7. The molecular formula is C21H23Cl2N3. The van der Waals surface area contributed by atoms with E-state index < -0.39 is 0 Å². The van der Waals surface area contributed by atoms with E-state index in [2.05, 4.69) is 5.32 Å². The molecular weight excluding hydrogens is 365 g/mol. The summed E-state index contributed by atoms with van der Waals surface area (Å²) >= 11 is 12.8. The van der Waals surface area contributed by atoms with Gasteiger partial charge in [0.25, 0.3) is 0 Å². The number of anilines is 1. The highest BCUT2D eigenvalue weighted by molar-refractivity contribution is 6.43. The molecule has 5 heteroatoms. The van der Waals surface area contributed by atoms with Gasteiger partial charge in [0, 0.05) is 17.5 Å². The van der Waals surface area contributed by atoms with Crippen molar-refractivity contribution in [3.8, 4) is 5.69 Å². The van der Waals surface area contributed by atoms with Crippen LogP contribution >= 0.6 is 23.2 Å². The molecule has 2 aromatic rings. The second kappa shape index (κ2) is 5.42. The lowest BCUT2D eigenvalue weighted by atomic mass is 9.48. The quantitative estimate of drug-likeness (QED) is 0.724. The first-order chi connectivity index (χ1) is 12.6. The molecule has 0 amide bonds. The number of halogens is 2. The van der Waals surface area contributed by atoms with Gasteiger partial charge >= 0.3 is 0 Å². The van der Waals surface area contributed by atoms with Gasteiger partial charge < -0.3 is 5.32 Å². The molecule has 0 saturated heterocycles. The lowest BCUT2D eigenvalue weighted by Crippen LogP contribution is -2.49. The molecule has 4 fully saturated rings. The summed E-state index contributed by atoms with van der Waals surface area (Å²) < 4.78 is 2.03. The van der Waals surface area contributed by atoms with Crippen molar-refractivity contribution in [2.45, 2.75) is 50.4 Å². The predicted octanol–water partition coefficient (Wildman–Crippen LogP) is 5.61. The van der Waals surface area contributed by atoms with Crippen LogP contribution in [0, 0.1) is 17.8 Å². The maximum absolute atomic E-state index is 6.54. The van der Waals surface area contributed by atoms with Gasteiger partial charge in [0.2, 0.25) is 0 Å². The van der Waals surface area contributed by atoms with Crippen molar-refractivity contribution in [2.75, 3.05) is 11.9 Å². The third-order valence-corrected chi connectivity index (χ3v) is 8.16. The van der Waals surface area contributed by atoms with Gasteiger partial charge in [-0.1, -0.05) is 29.3 Å². The van der Waals surface area contributed by atoms with Crippen molar-refractivity contribution in [3.63, 3.8) is 0 Å². The lowest BCUT2D eigenvalue weighted by Gasteiger charge is -2.56. The Labute approximate surface area is 164 Å². The van der Waals surface area contributed by atoms with Gasteiger partial charge in [-0.25, -0.2) is 4.68 Å². The van der Waals surface area contributed by atoms with Crippen LogP contribution in [0.4, 0.5) is 5.82 Å². The van der Waals surface area contributed by atoms with Crippen LogP contribution in [0.15, 0.2) is 18.2 Å². The molecule has 5 aliphatic rings. The van der Waals surface area contributed by atoms with E-state index in [4.69, 9.17) is 28.3 Å². The highest BCUT2D eigenvalue weighted by Gasteiger charge is 2.54. The zero-order valence-electron chi connectivity index (χ0n) is 14.8. The molecule has 4 saturated carbocycles. The Kier molecular flexibility index (Phi) is 3.30. The Morgan fingerprint density at radius 2 is 1.73 bits per heavy atom. The van der Waals surface area contributed by atoms with Crippen LogP contribution in [0.25, 0.3) is 5.69 Å². The third kappa shape index (κ3) is 2.10. The Morgan fingerprint density at radius 1 is 1.04 bits per heavy atom. The largest absolute Gasteiger partial charge is 0.369 e. The Hall–Kier alpha value is -1.19. The van der Waals surface area contributed by atoms with Gasteiger partial charge in [-0.15, -0.1) is 0 Å². The molecule has 0 unspecified atom stereocenters. The lowest BCUT2D eigenvalue weighted by molar-refractivity contribution is -0.00770. The van der Waals surface area contributed by atoms with Crippen molar-refractivity contribution >= 4 is 29.0 Å². The Bertz CT molecular complexity index is 866. The second-order valence-corrected chi connectivity index (χ2v) is 9.82. The summed E-state index contributed by atoms with van der Waals surface area (Å²) in [4.78, 5) is 0. The first kappa shape index (κ1) is 15.8. The van der Waals surface area contributed by atoms with Crippen molar-refractivity contribution in [3.05, 3.63) is 39.5 Å². The molecule has 4 aliphatic carbocycles. The molecule has 0 atom stereocenters. The summed E-state index contributed by atoms with van der Waals surface area (Å²) in [6.45, 7) is 0.991. The molecule has 3 nitrogen and oxygen atoms in total. The smallest absolute Gasteiger partial charge is 0.133 e. The number of hydrogen-bond donors (Lipinski definition) is 1. The van der Waals surface area contributed by atoms with Gasteiger partial charge in [0.1, 0.15) is 5.82 Å². The molecule has 2 heterocycles. The van der Waals surface area contributed by atoms with Crippen LogP contribution in [0.3, 0.4) is 0 Å². The number of benzene rings is 1. The summed E-state index contributed by atoms with van der Waals surface area (Å²) in [5.74, 6) is 3.91. The van der Waals surface area contributed by atoms with E-state index in [-0.39, 0.29) is 0 Å². The van der Waals surface area contributed by atoms with Gasteiger partial charge in [0.15, 0.2) is 0 Å². The van der Waals surface area contributed by atoms with Crippen molar-refractivity contribution in [2.24, 2.45) is 17.8 Å². The van der Waals surface area contributed by atoms with Crippen LogP contribution in [-0.2, 0) is 11.8 Å². The van der Waals surface area contributed by atoms with Crippen LogP contribution in [0.2, 0.25) is 10.0 Å². The molecule has 136 valence electrons. The van der Waals surface area contributed by atoms with Crippen molar-refractivity contribution < 1.29 is 0 Å². The van der Waals surface area contributed by atoms with E-state index in [1.54, 1.807) is 0 Å². The van der Waals surface area contributed by atoms with Crippen molar-refractivity contribution in [1.82, 2.24) is 9.78 Å². The van der Waals surface area contributed by atoms with E-state index in [1.165, 1.54) is 49.8 Å². The van der Waals surface area contributed by atoms with Crippen LogP contribution in [0.5, 0.6) is 0 Å².